The molecule has 2 aromatic carbocycles. The number of carbonyl (C=O) groups is 3. The van der Waals surface area contributed by atoms with Crippen molar-refractivity contribution in [3.8, 4) is 0 Å². The predicted octanol–water partition coefficient (Wildman–Crippen LogP) is 2.09. The Kier molecular flexibility index (Phi) is 2.77. The quantitative estimate of drug-likeness (QED) is 0.620. The molecule has 0 atom stereocenters. The molecule has 0 saturated carbocycles. The van der Waals surface area contributed by atoms with E-state index < -0.39 is 11.8 Å². The number of hydrogen-bond donors (Lipinski definition) is 2. The van der Waals surface area contributed by atoms with Crippen LogP contribution in [-0.4, -0.2) is 28.0 Å². The van der Waals surface area contributed by atoms with Crippen LogP contribution in [0.5, 0.6) is 0 Å². The molecule has 2 aromatic rings. The Labute approximate surface area is 119 Å². The Bertz CT molecular complexity index is 826. The molecule has 21 heavy (non-hydrogen) atoms. The molecule has 0 radical (unpaired) electrons. The Hall–Kier alpha value is -2.73. The molecule has 0 bridgehead atoms. The van der Waals surface area contributed by atoms with Gasteiger partial charge in [-0.25, -0.2) is 0 Å². The predicted molar refractivity (Wildman–Crippen MR) is 75.3 cm³/mol. The van der Waals surface area contributed by atoms with Crippen LogP contribution in [0.1, 0.15) is 33.2 Å². The lowest BCUT2D eigenvalue weighted by Crippen LogP contribution is -2.37. The molecule has 0 aromatic heterocycles. The fourth-order valence-electron chi connectivity index (χ4n) is 2.61. The zero-order valence-electron chi connectivity index (χ0n) is 11.4. The molecule has 6 heteroatoms. The number of nitrogens with zero attached hydrogens (tertiary/aromatic N) is 1. The first-order valence-corrected chi connectivity index (χ1v) is 6.33. The molecule has 1 aliphatic rings. The van der Waals surface area contributed by atoms with Gasteiger partial charge in [0.15, 0.2) is 0 Å². The summed E-state index contributed by atoms with van der Waals surface area (Å²) in [5, 5.41) is 13.6. The van der Waals surface area contributed by atoms with Gasteiger partial charge < -0.3 is 5.32 Å². The Morgan fingerprint density at radius 1 is 1.19 bits per heavy atom. The van der Waals surface area contributed by atoms with Gasteiger partial charge in [-0.3, -0.25) is 19.6 Å². The van der Waals surface area contributed by atoms with Gasteiger partial charge in [0.05, 0.1) is 11.1 Å². The summed E-state index contributed by atoms with van der Waals surface area (Å²) in [5.41, 5.74) is 1.70. The summed E-state index contributed by atoms with van der Waals surface area (Å²) >= 11 is 0. The third-order valence-electron chi connectivity index (χ3n) is 3.59. The zero-order chi connectivity index (χ0) is 15.3. The summed E-state index contributed by atoms with van der Waals surface area (Å²) in [6, 6.07) is 6.49. The Morgan fingerprint density at radius 2 is 1.86 bits per heavy atom. The molecule has 106 valence electrons. The van der Waals surface area contributed by atoms with Crippen LogP contribution in [0.3, 0.4) is 0 Å². The van der Waals surface area contributed by atoms with Crippen molar-refractivity contribution in [3.05, 3.63) is 41.0 Å². The van der Waals surface area contributed by atoms with Crippen molar-refractivity contribution < 1.29 is 19.6 Å². The molecule has 0 fully saturated rings. The van der Waals surface area contributed by atoms with E-state index in [-0.39, 0.29) is 22.1 Å². The standard InChI is InChI=1S/C15H12N2O4/c1-7-9-4-3-5-10-13(9)11(6-12(7)16-8(2)18)15(20)17(21)14(10)19/h3-6,21H,1-2H3,(H,16,18). The second-order valence-corrected chi connectivity index (χ2v) is 4.93. The minimum atomic E-state index is -0.796. The van der Waals surface area contributed by atoms with Gasteiger partial charge >= 0.3 is 0 Å². The lowest BCUT2D eigenvalue weighted by Gasteiger charge is -2.23. The van der Waals surface area contributed by atoms with Crippen LogP contribution >= 0.6 is 0 Å². The maximum atomic E-state index is 12.1. The summed E-state index contributed by atoms with van der Waals surface area (Å²) in [5.74, 6) is -1.80. The lowest BCUT2D eigenvalue weighted by molar-refractivity contribution is -0.114. The van der Waals surface area contributed by atoms with E-state index in [0.29, 0.717) is 16.5 Å². The second kappa shape index (κ2) is 4.39. The van der Waals surface area contributed by atoms with Crippen molar-refractivity contribution >= 4 is 34.2 Å². The Morgan fingerprint density at radius 3 is 2.52 bits per heavy atom. The van der Waals surface area contributed by atoms with E-state index in [2.05, 4.69) is 5.32 Å². The number of hydrogen-bond acceptors (Lipinski definition) is 4. The largest absolute Gasteiger partial charge is 0.326 e. The molecule has 2 N–H and O–H groups in total. The number of imide groups is 1. The first-order valence-electron chi connectivity index (χ1n) is 6.33. The number of rotatable bonds is 1. The van der Waals surface area contributed by atoms with Crippen molar-refractivity contribution in [2.24, 2.45) is 0 Å². The third-order valence-corrected chi connectivity index (χ3v) is 3.59. The number of hydroxylamine groups is 2. The smallest absolute Gasteiger partial charge is 0.285 e. The van der Waals surface area contributed by atoms with E-state index in [1.807, 2.05) is 0 Å². The molecule has 3 amide bonds. The highest BCUT2D eigenvalue weighted by atomic mass is 16.5. The van der Waals surface area contributed by atoms with Crippen LogP contribution < -0.4 is 5.32 Å². The first-order chi connectivity index (χ1) is 9.91. The molecule has 3 rings (SSSR count). The van der Waals surface area contributed by atoms with E-state index in [0.717, 1.165) is 5.56 Å². The highest BCUT2D eigenvalue weighted by Gasteiger charge is 2.33. The molecule has 0 saturated heterocycles. The summed E-state index contributed by atoms with van der Waals surface area (Å²) in [4.78, 5) is 35.3. The molecule has 0 aliphatic carbocycles. The van der Waals surface area contributed by atoms with E-state index in [9.17, 15) is 19.6 Å². The van der Waals surface area contributed by atoms with Gasteiger partial charge in [0.2, 0.25) is 5.91 Å². The maximum absolute atomic E-state index is 12.1. The van der Waals surface area contributed by atoms with Crippen molar-refractivity contribution in [1.29, 1.82) is 0 Å². The summed E-state index contributed by atoms with van der Waals surface area (Å²) in [6.45, 7) is 3.17. The van der Waals surface area contributed by atoms with E-state index in [1.54, 1.807) is 25.1 Å². The number of nitrogens with one attached hydrogen (secondary N) is 1. The van der Waals surface area contributed by atoms with Crippen LogP contribution in [0.25, 0.3) is 10.8 Å². The van der Waals surface area contributed by atoms with Gasteiger partial charge in [-0.15, -0.1) is 5.06 Å². The zero-order valence-corrected chi connectivity index (χ0v) is 11.4. The van der Waals surface area contributed by atoms with Gasteiger partial charge in [-0.2, -0.15) is 0 Å². The third kappa shape index (κ3) is 1.80. The van der Waals surface area contributed by atoms with Crippen molar-refractivity contribution in [2.75, 3.05) is 5.32 Å². The van der Waals surface area contributed by atoms with Crippen LogP contribution in [0.15, 0.2) is 24.3 Å². The van der Waals surface area contributed by atoms with Gasteiger partial charge in [0.1, 0.15) is 0 Å². The van der Waals surface area contributed by atoms with Crippen molar-refractivity contribution in [2.45, 2.75) is 13.8 Å². The number of anilines is 1. The number of benzene rings is 2. The topological polar surface area (TPSA) is 86.7 Å². The van der Waals surface area contributed by atoms with Crippen molar-refractivity contribution in [1.82, 2.24) is 5.06 Å². The summed E-state index contributed by atoms with van der Waals surface area (Å²) in [7, 11) is 0. The number of amides is 3. The van der Waals surface area contributed by atoms with Gasteiger partial charge in [0, 0.05) is 18.0 Å². The minimum absolute atomic E-state index is 0.101. The monoisotopic (exact) mass is 284 g/mol. The van der Waals surface area contributed by atoms with Gasteiger partial charge in [-0.05, 0) is 30.0 Å². The lowest BCUT2D eigenvalue weighted by atomic mass is 9.91. The van der Waals surface area contributed by atoms with Crippen LogP contribution in [0.4, 0.5) is 5.69 Å². The highest BCUT2D eigenvalue weighted by molar-refractivity contribution is 6.26. The number of aryl methyl sites for hydroxylation is 1. The molecule has 1 heterocycles. The first kappa shape index (κ1) is 13.3. The second-order valence-electron chi connectivity index (χ2n) is 4.93. The molecule has 0 spiro atoms. The van der Waals surface area contributed by atoms with Crippen LogP contribution in [0, 0.1) is 6.92 Å². The van der Waals surface area contributed by atoms with Crippen LogP contribution in [-0.2, 0) is 4.79 Å². The normalized spacial score (nSPS) is 13.8. The van der Waals surface area contributed by atoms with E-state index in [4.69, 9.17) is 0 Å². The SMILES string of the molecule is CC(=O)Nc1cc2c3c(cccc3c1C)C(=O)N(O)C2=O. The van der Waals surface area contributed by atoms with Crippen LogP contribution in [0.2, 0.25) is 0 Å². The van der Waals surface area contributed by atoms with Crippen molar-refractivity contribution in [3.63, 3.8) is 0 Å². The summed E-state index contributed by atoms with van der Waals surface area (Å²) < 4.78 is 0. The average Bonchev–Trinajstić information content (AvgIpc) is 2.45. The Balaban J connectivity index is 2.42. The summed E-state index contributed by atoms with van der Waals surface area (Å²) in [6.07, 6.45) is 0. The molecule has 1 aliphatic heterocycles. The van der Waals surface area contributed by atoms with Gasteiger partial charge in [-0.1, -0.05) is 12.1 Å². The molecule has 6 nitrogen and oxygen atoms in total. The van der Waals surface area contributed by atoms with Gasteiger partial charge in [0.25, 0.3) is 11.8 Å². The van der Waals surface area contributed by atoms with E-state index >= 15 is 0 Å². The molecule has 0 unspecified atom stereocenters. The average molecular weight is 284 g/mol. The minimum Gasteiger partial charge on any atom is -0.326 e. The fraction of sp³-hybridized carbons (Fsp3) is 0.133. The number of carbonyl (C=O) groups excluding carboxylic acids is 3. The maximum Gasteiger partial charge on any atom is 0.285 e. The van der Waals surface area contributed by atoms with E-state index in [1.165, 1.54) is 13.0 Å². The fourth-order valence-corrected chi connectivity index (χ4v) is 2.61. The molecular formula is C15H12N2O4. The highest BCUT2D eigenvalue weighted by Crippen LogP contribution is 2.35. The molecular weight excluding hydrogens is 272 g/mol.